The van der Waals surface area contributed by atoms with E-state index in [4.69, 9.17) is 23.7 Å². The van der Waals surface area contributed by atoms with E-state index >= 15 is 0 Å². The molecule has 7 nitrogen and oxygen atoms in total. The van der Waals surface area contributed by atoms with Crippen molar-refractivity contribution in [3.05, 3.63) is 0 Å². The van der Waals surface area contributed by atoms with E-state index in [1.165, 1.54) is 83.5 Å². The zero-order valence-corrected chi connectivity index (χ0v) is 26.5. The van der Waals surface area contributed by atoms with Crippen molar-refractivity contribution in [2.45, 2.75) is 155 Å². The number of carbonyl (C=O) groups excluding carboxylic acids is 2. The minimum absolute atomic E-state index is 0.0362. The highest BCUT2D eigenvalue weighted by molar-refractivity contribution is 5.70. The van der Waals surface area contributed by atoms with Gasteiger partial charge in [-0.1, -0.05) is 117 Å². The lowest BCUT2D eigenvalue weighted by atomic mass is 10.1. The predicted octanol–water partition coefficient (Wildman–Crippen LogP) is 8.35. The first-order chi connectivity index (χ1) is 19.6. The molecule has 40 heavy (non-hydrogen) atoms. The van der Waals surface area contributed by atoms with Gasteiger partial charge in [-0.25, -0.2) is 0 Å². The van der Waals surface area contributed by atoms with Crippen LogP contribution in [0.2, 0.25) is 0 Å². The van der Waals surface area contributed by atoms with E-state index in [2.05, 4.69) is 13.8 Å². The Kier molecular flexibility index (Phi) is 31.4. The smallest absolute Gasteiger partial charge is 0.306 e. The second kappa shape index (κ2) is 32.3. The van der Waals surface area contributed by atoms with Crippen molar-refractivity contribution >= 4 is 11.9 Å². The fraction of sp³-hybridized carbons (Fsp3) is 0.939. The van der Waals surface area contributed by atoms with E-state index in [1.54, 1.807) is 7.11 Å². The first-order valence-corrected chi connectivity index (χ1v) is 16.6. The number of esters is 2. The van der Waals surface area contributed by atoms with Gasteiger partial charge in [0.15, 0.2) is 6.10 Å². The number of rotatable bonds is 32. The molecule has 0 bridgehead atoms. The number of hydrogen-bond donors (Lipinski definition) is 0. The van der Waals surface area contributed by atoms with E-state index < -0.39 is 6.10 Å². The predicted molar refractivity (Wildman–Crippen MR) is 163 cm³/mol. The fourth-order valence-corrected chi connectivity index (χ4v) is 4.52. The van der Waals surface area contributed by atoms with Crippen molar-refractivity contribution in [2.24, 2.45) is 0 Å². The van der Waals surface area contributed by atoms with Crippen molar-refractivity contribution in [3.8, 4) is 0 Å². The van der Waals surface area contributed by atoms with Crippen LogP contribution in [0.25, 0.3) is 0 Å². The Morgan fingerprint density at radius 2 is 0.975 bits per heavy atom. The van der Waals surface area contributed by atoms with Crippen LogP contribution >= 0.6 is 0 Å². The average molecular weight is 573 g/mol. The topological polar surface area (TPSA) is 80.3 Å². The van der Waals surface area contributed by atoms with E-state index in [0.29, 0.717) is 39.3 Å². The van der Waals surface area contributed by atoms with Crippen LogP contribution in [0.5, 0.6) is 0 Å². The first kappa shape index (κ1) is 38.8. The van der Waals surface area contributed by atoms with Gasteiger partial charge in [0.05, 0.1) is 19.8 Å². The maximum atomic E-state index is 12.4. The van der Waals surface area contributed by atoms with E-state index in [-0.39, 0.29) is 25.2 Å². The van der Waals surface area contributed by atoms with Crippen LogP contribution < -0.4 is 0 Å². The highest BCUT2D eigenvalue weighted by Crippen LogP contribution is 2.13. The lowest BCUT2D eigenvalue weighted by Gasteiger charge is -2.18. The van der Waals surface area contributed by atoms with Gasteiger partial charge in [0.25, 0.3) is 0 Å². The molecule has 1 atom stereocenters. The quantitative estimate of drug-likeness (QED) is 0.0592. The van der Waals surface area contributed by atoms with Crippen molar-refractivity contribution in [1.82, 2.24) is 0 Å². The average Bonchev–Trinajstić information content (AvgIpc) is 2.95. The molecule has 0 fully saturated rings. The zero-order valence-electron chi connectivity index (χ0n) is 26.5. The molecule has 0 amide bonds. The SMILES string of the molecule is CCCCCCCCCCCC(=O)OCC(COCCOCCCOC)OC(=O)CCCCCCCCCCC. The van der Waals surface area contributed by atoms with Gasteiger partial charge in [0, 0.05) is 33.2 Å². The maximum Gasteiger partial charge on any atom is 0.306 e. The highest BCUT2D eigenvalue weighted by atomic mass is 16.6. The molecule has 0 radical (unpaired) electrons. The van der Waals surface area contributed by atoms with Gasteiger partial charge in [-0.15, -0.1) is 0 Å². The summed E-state index contributed by atoms with van der Waals surface area (Å²) in [7, 11) is 1.67. The van der Waals surface area contributed by atoms with Gasteiger partial charge in [-0.3, -0.25) is 9.59 Å². The Balaban J connectivity index is 4.17. The number of methoxy groups -OCH3 is 1. The van der Waals surface area contributed by atoms with Crippen LogP contribution in [0.1, 0.15) is 149 Å². The van der Waals surface area contributed by atoms with Crippen molar-refractivity contribution < 1.29 is 33.3 Å². The molecule has 0 aliphatic carbocycles. The van der Waals surface area contributed by atoms with E-state index in [9.17, 15) is 9.59 Å². The van der Waals surface area contributed by atoms with Gasteiger partial charge in [-0.2, -0.15) is 0 Å². The number of hydrogen-bond acceptors (Lipinski definition) is 7. The monoisotopic (exact) mass is 572 g/mol. The third-order valence-corrected chi connectivity index (χ3v) is 7.01. The molecule has 0 aromatic rings. The molecule has 0 aromatic carbocycles. The van der Waals surface area contributed by atoms with Gasteiger partial charge in [0.1, 0.15) is 6.61 Å². The summed E-state index contributed by atoms with van der Waals surface area (Å²) in [5, 5.41) is 0. The molecule has 0 spiro atoms. The van der Waals surface area contributed by atoms with Crippen molar-refractivity contribution in [1.29, 1.82) is 0 Å². The molecular formula is C33H64O7. The van der Waals surface area contributed by atoms with Gasteiger partial charge in [0.2, 0.25) is 0 Å². The number of ether oxygens (including phenoxy) is 5. The van der Waals surface area contributed by atoms with Crippen LogP contribution in [-0.2, 0) is 33.3 Å². The minimum Gasteiger partial charge on any atom is -0.462 e. The van der Waals surface area contributed by atoms with Crippen LogP contribution in [0.15, 0.2) is 0 Å². The summed E-state index contributed by atoms with van der Waals surface area (Å²) in [6.07, 6.45) is 22.7. The molecule has 0 aliphatic heterocycles. The molecule has 1 unspecified atom stereocenters. The lowest BCUT2D eigenvalue weighted by Crippen LogP contribution is -2.30. The molecule has 0 N–H and O–H groups in total. The highest BCUT2D eigenvalue weighted by Gasteiger charge is 2.17. The largest absolute Gasteiger partial charge is 0.462 e. The van der Waals surface area contributed by atoms with Gasteiger partial charge < -0.3 is 23.7 Å². The van der Waals surface area contributed by atoms with Crippen LogP contribution in [0, 0.1) is 0 Å². The summed E-state index contributed by atoms with van der Waals surface area (Å²) in [6, 6.07) is 0. The second-order valence-electron chi connectivity index (χ2n) is 11.0. The molecule has 0 aliphatic rings. The summed E-state index contributed by atoms with van der Waals surface area (Å²) in [4.78, 5) is 24.7. The second-order valence-corrected chi connectivity index (χ2v) is 11.0. The van der Waals surface area contributed by atoms with Gasteiger partial charge in [-0.05, 0) is 19.3 Å². The third kappa shape index (κ3) is 29.8. The Bertz CT molecular complexity index is 541. The molecule has 0 heterocycles. The molecule has 0 saturated heterocycles. The molecule has 238 valence electrons. The number of carbonyl (C=O) groups is 2. The zero-order chi connectivity index (χ0) is 29.4. The normalized spacial score (nSPS) is 12.0. The summed E-state index contributed by atoms with van der Waals surface area (Å²) < 4.78 is 27.3. The summed E-state index contributed by atoms with van der Waals surface area (Å²) in [5.41, 5.74) is 0. The molecule has 7 heteroatoms. The first-order valence-electron chi connectivity index (χ1n) is 16.6. The van der Waals surface area contributed by atoms with Crippen LogP contribution in [0.3, 0.4) is 0 Å². The summed E-state index contributed by atoms with van der Waals surface area (Å²) in [5.74, 6) is -0.480. The number of unbranched alkanes of at least 4 members (excludes halogenated alkanes) is 16. The summed E-state index contributed by atoms with van der Waals surface area (Å²) in [6.45, 7) is 6.84. The maximum absolute atomic E-state index is 12.4. The van der Waals surface area contributed by atoms with E-state index in [0.717, 1.165) is 38.5 Å². The molecular weight excluding hydrogens is 508 g/mol. The Labute approximate surface area is 246 Å². The van der Waals surface area contributed by atoms with Crippen LogP contribution in [-0.4, -0.2) is 64.8 Å². The lowest BCUT2D eigenvalue weighted by molar-refractivity contribution is -0.163. The van der Waals surface area contributed by atoms with Crippen molar-refractivity contribution in [3.63, 3.8) is 0 Å². The molecule has 0 rings (SSSR count). The fourth-order valence-electron chi connectivity index (χ4n) is 4.52. The Hall–Kier alpha value is -1.18. The summed E-state index contributed by atoms with van der Waals surface area (Å²) >= 11 is 0. The standard InChI is InChI=1S/C33H64O7/c1-4-6-8-10-12-14-16-18-20-23-32(34)39-30-31(29-38-28-27-37-26-22-25-36-3)40-33(35)24-21-19-17-15-13-11-9-7-5-2/h31H,4-30H2,1-3H3. The van der Waals surface area contributed by atoms with Gasteiger partial charge >= 0.3 is 11.9 Å². The van der Waals surface area contributed by atoms with Crippen LogP contribution in [0.4, 0.5) is 0 Å². The van der Waals surface area contributed by atoms with E-state index in [1.807, 2.05) is 0 Å². The molecule has 0 aromatic heterocycles. The Morgan fingerprint density at radius 1 is 0.500 bits per heavy atom. The third-order valence-electron chi connectivity index (χ3n) is 7.01. The molecule has 0 saturated carbocycles. The minimum atomic E-state index is -0.591. The van der Waals surface area contributed by atoms with Crippen molar-refractivity contribution in [2.75, 3.05) is 46.8 Å². The Morgan fingerprint density at radius 3 is 1.50 bits per heavy atom.